The first-order valence-corrected chi connectivity index (χ1v) is 6.55. The zero-order chi connectivity index (χ0) is 12.4. The fourth-order valence-corrected chi connectivity index (χ4v) is 2.23. The normalized spacial score (nSPS) is 16.4. The van der Waals surface area contributed by atoms with E-state index in [0.29, 0.717) is 17.2 Å². The molecule has 3 nitrogen and oxygen atoms in total. The van der Waals surface area contributed by atoms with E-state index in [1.807, 2.05) is 12.1 Å². The molecular formula is C13H16BrNO2. The Bertz CT molecular complexity index is 429. The number of carbonyl (C=O) groups excluding carboxylic acids is 1. The van der Waals surface area contributed by atoms with Crippen LogP contribution in [0.5, 0.6) is 5.75 Å². The van der Waals surface area contributed by atoms with Gasteiger partial charge in [-0.2, -0.15) is 0 Å². The van der Waals surface area contributed by atoms with Gasteiger partial charge in [-0.15, -0.1) is 0 Å². The average molecular weight is 298 g/mol. The predicted octanol–water partition coefficient (Wildman–Crippen LogP) is 2.99. The number of halogens is 1. The number of rotatable bonds is 4. The molecule has 1 unspecified atom stereocenters. The Hall–Kier alpha value is -1.03. The Labute approximate surface area is 110 Å². The minimum Gasteiger partial charge on any atom is -0.497 e. The van der Waals surface area contributed by atoms with E-state index in [0.717, 1.165) is 4.47 Å². The summed E-state index contributed by atoms with van der Waals surface area (Å²) in [7, 11) is 1.59. The highest BCUT2D eigenvalue weighted by atomic mass is 79.9. The summed E-state index contributed by atoms with van der Waals surface area (Å²) < 4.78 is 5.91. The maximum absolute atomic E-state index is 12.1. The molecule has 0 saturated heterocycles. The Morgan fingerprint density at radius 1 is 1.53 bits per heavy atom. The molecule has 1 aliphatic rings. The van der Waals surface area contributed by atoms with Gasteiger partial charge in [-0.25, -0.2) is 0 Å². The SMILES string of the molecule is COc1ccc(Br)c(C(=O)NC(C)C2CC2)c1. The van der Waals surface area contributed by atoms with Crippen LogP contribution in [0.4, 0.5) is 0 Å². The van der Waals surface area contributed by atoms with Gasteiger partial charge < -0.3 is 10.1 Å². The maximum Gasteiger partial charge on any atom is 0.252 e. The van der Waals surface area contributed by atoms with Crippen LogP contribution in [0.15, 0.2) is 22.7 Å². The molecule has 4 heteroatoms. The van der Waals surface area contributed by atoms with Crippen molar-refractivity contribution in [3.63, 3.8) is 0 Å². The van der Waals surface area contributed by atoms with Gasteiger partial charge >= 0.3 is 0 Å². The van der Waals surface area contributed by atoms with E-state index in [9.17, 15) is 4.79 Å². The molecule has 0 heterocycles. The van der Waals surface area contributed by atoms with Gasteiger partial charge in [-0.3, -0.25) is 4.79 Å². The first-order valence-electron chi connectivity index (χ1n) is 5.76. The lowest BCUT2D eigenvalue weighted by Gasteiger charge is -2.14. The topological polar surface area (TPSA) is 38.3 Å². The van der Waals surface area contributed by atoms with Crippen molar-refractivity contribution in [2.45, 2.75) is 25.8 Å². The van der Waals surface area contributed by atoms with Crippen molar-refractivity contribution >= 4 is 21.8 Å². The molecule has 0 bridgehead atoms. The summed E-state index contributed by atoms with van der Waals surface area (Å²) in [5, 5.41) is 3.03. The summed E-state index contributed by atoms with van der Waals surface area (Å²) in [5.74, 6) is 1.30. The molecule has 1 amide bonds. The number of benzene rings is 1. The van der Waals surface area contributed by atoms with Crippen LogP contribution in [0.1, 0.15) is 30.1 Å². The number of hydrogen-bond donors (Lipinski definition) is 1. The highest BCUT2D eigenvalue weighted by Gasteiger charge is 2.29. The van der Waals surface area contributed by atoms with Crippen molar-refractivity contribution in [3.8, 4) is 5.75 Å². The van der Waals surface area contributed by atoms with Gasteiger partial charge in [0.25, 0.3) is 5.91 Å². The van der Waals surface area contributed by atoms with E-state index in [1.54, 1.807) is 13.2 Å². The van der Waals surface area contributed by atoms with E-state index in [4.69, 9.17) is 4.74 Å². The van der Waals surface area contributed by atoms with Crippen molar-refractivity contribution in [1.29, 1.82) is 0 Å². The third kappa shape index (κ3) is 3.00. The number of methoxy groups -OCH3 is 1. The zero-order valence-electron chi connectivity index (χ0n) is 10.00. The van der Waals surface area contributed by atoms with Crippen molar-refractivity contribution in [2.24, 2.45) is 5.92 Å². The van der Waals surface area contributed by atoms with E-state index < -0.39 is 0 Å². The molecule has 1 saturated carbocycles. The summed E-state index contributed by atoms with van der Waals surface area (Å²) in [6.45, 7) is 2.06. The molecule has 92 valence electrons. The second kappa shape index (κ2) is 5.08. The molecule has 1 aromatic carbocycles. The lowest BCUT2D eigenvalue weighted by Crippen LogP contribution is -2.34. The largest absolute Gasteiger partial charge is 0.497 e. The molecule has 0 aliphatic heterocycles. The van der Waals surface area contributed by atoms with Crippen LogP contribution in [-0.4, -0.2) is 19.1 Å². The van der Waals surface area contributed by atoms with Gasteiger partial charge in [-0.1, -0.05) is 0 Å². The van der Waals surface area contributed by atoms with Gasteiger partial charge in [0.15, 0.2) is 0 Å². The molecular weight excluding hydrogens is 282 g/mol. The van der Waals surface area contributed by atoms with Crippen LogP contribution in [0.2, 0.25) is 0 Å². The Morgan fingerprint density at radius 3 is 2.82 bits per heavy atom. The van der Waals surface area contributed by atoms with E-state index in [-0.39, 0.29) is 11.9 Å². The third-order valence-electron chi connectivity index (χ3n) is 3.11. The Balaban J connectivity index is 2.11. The average Bonchev–Trinajstić information content (AvgIpc) is 3.13. The quantitative estimate of drug-likeness (QED) is 0.928. The lowest BCUT2D eigenvalue weighted by atomic mass is 10.1. The van der Waals surface area contributed by atoms with E-state index in [1.165, 1.54) is 12.8 Å². The molecule has 17 heavy (non-hydrogen) atoms. The minimum absolute atomic E-state index is 0.0461. The molecule has 1 fully saturated rings. The van der Waals surface area contributed by atoms with Crippen LogP contribution in [0.25, 0.3) is 0 Å². The van der Waals surface area contributed by atoms with Gasteiger partial charge in [0.05, 0.1) is 12.7 Å². The summed E-state index contributed by atoms with van der Waals surface area (Å²) in [5.41, 5.74) is 0.622. The fraction of sp³-hybridized carbons (Fsp3) is 0.462. The first-order chi connectivity index (χ1) is 8.11. The summed E-state index contributed by atoms with van der Waals surface area (Å²) in [6.07, 6.45) is 2.45. The van der Waals surface area contributed by atoms with Gasteiger partial charge in [0, 0.05) is 10.5 Å². The molecule has 0 radical (unpaired) electrons. The molecule has 0 spiro atoms. The summed E-state index contributed by atoms with van der Waals surface area (Å²) >= 11 is 3.39. The van der Waals surface area contributed by atoms with Crippen molar-refractivity contribution in [1.82, 2.24) is 5.32 Å². The summed E-state index contributed by atoms with van der Waals surface area (Å²) in [6, 6.07) is 5.65. The second-order valence-corrected chi connectivity index (χ2v) is 5.30. The smallest absolute Gasteiger partial charge is 0.252 e. The van der Waals surface area contributed by atoms with E-state index in [2.05, 4.69) is 28.2 Å². The zero-order valence-corrected chi connectivity index (χ0v) is 11.6. The molecule has 1 N–H and O–H groups in total. The molecule has 0 aromatic heterocycles. The lowest BCUT2D eigenvalue weighted by molar-refractivity contribution is 0.0934. The standard InChI is InChI=1S/C13H16BrNO2/c1-8(9-3-4-9)15-13(16)11-7-10(17-2)5-6-12(11)14/h5-9H,3-4H2,1-2H3,(H,15,16). The van der Waals surface area contributed by atoms with Gasteiger partial charge in [0.2, 0.25) is 0 Å². The van der Waals surface area contributed by atoms with Crippen LogP contribution in [-0.2, 0) is 0 Å². The van der Waals surface area contributed by atoms with Crippen LogP contribution in [0.3, 0.4) is 0 Å². The van der Waals surface area contributed by atoms with Crippen LogP contribution in [0, 0.1) is 5.92 Å². The third-order valence-corrected chi connectivity index (χ3v) is 3.80. The van der Waals surface area contributed by atoms with Crippen LogP contribution >= 0.6 is 15.9 Å². The highest BCUT2D eigenvalue weighted by Crippen LogP contribution is 2.32. The first kappa shape index (κ1) is 12.4. The molecule has 2 rings (SSSR count). The number of nitrogens with one attached hydrogen (secondary N) is 1. The van der Waals surface area contributed by atoms with Crippen molar-refractivity contribution in [3.05, 3.63) is 28.2 Å². The highest BCUT2D eigenvalue weighted by molar-refractivity contribution is 9.10. The Morgan fingerprint density at radius 2 is 2.24 bits per heavy atom. The number of carbonyl (C=O) groups is 1. The van der Waals surface area contributed by atoms with E-state index >= 15 is 0 Å². The monoisotopic (exact) mass is 297 g/mol. The predicted molar refractivity (Wildman–Crippen MR) is 70.3 cm³/mol. The van der Waals surface area contributed by atoms with Gasteiger partial charge in [0.1, 0.15) is 5.75 Å². The van der Waals surface area contributed by atoms with Crippen molar-refractivity contribution in [2.75, 3.05) is 7.11 Å². The second-order valence-electron chi connectivity index (χ2n) is 4.45. The van der Waals surface area contributed by atoms with Crippen molar-refractivity contribution < 1.29 is 9.53 Å². The number of amides is 1. The van der Waals surface area contributed by atoms with Gasteiger partial charge in [-0.05, 0) is 59.8 Å². The Kier molecular flexibility index (Phi) is 3.72. The van der Waals surface area contributed by atoms with Crippen LogP contribution < -0.4 is 10.1 Å². The number of ether oxygens (including phenoxy) is 1. The summed E-state index contributed by atoms with van der Waals surface area (Å²) in [4.78, 5) is 12.1. The minimum atomic E-state index is -0.0461. The maximum atomic E-state index is 12.1. The fourth-order valence-electron chi connectivity index (χ4n) is 1.80. The molecule has 1 atom stereocenters. The number of hydrogen-bond acceptors (Lipinski definition) is 2. The molecule has 1 aliphatic carbocycles. The molecule has 1 aromatic rings.